The van der Waals surface area contributed by atoms with Crippen molar-refractivity contribution in [3.63, 3.8) is 0 Å². The number of aromatic nitrogens is 3. The molecule has 0 fully saturated rings. The maximum atomic E-state index is 12.6. The lowest BCUT2D eigenvalue weighted by molar-refractivity contribution is 0.0816. The van der Waals surface area contributed by atoms with E-state index in [1.54, 1.807) is 22.2 Å². The van der Waals surface area contributed by atoms with Gasteiger partial charge in [0, 0.05) is 65.6 Å². The Kier molecular flexibility index (Phi) is 6.49. The van der Waals surface area contributed by atoms with Crippen LogP contribution < -0.4 is 0 Å². The molecule has 208 valence electrons. The Bertz CT molecular complexity index is 1950. The molecular weight excluding hydrogens is 511 g/mol. The Morgan fingerprint density at radius 1 is 0.829 bits per heavy atom. The average Bonchev–Trinajstić information content (AvgIpc) is 3.75. The lowest BCUT2D eigenvalue weighted by Crippen LogP contribution is -2.17. The number of benzene rings is 3. The Labute approximate surface area is 239 Å². The van der Waals surface area contributed by atoms with Crippen LogP contribution >= 0.6 is 0 Å². The standard InChI is InChI=1S/C18H19N.C17H16FN3O/c1-2-12-19-16-9-4-3-7-15(16)18-14-8-5-6-13(14)10-11-17(18)19;1-20-10-12-11(17(20)22)5-6-13-15(12)16-14(4-2-8-19-16)21(13)9-3-7-18/h3-4,7,9-11H,2,5-6,8,12H2,1H3;2,4-6,8H,3,7,9-10H2,1H3. The number of para-hydroxylation sites is 1. The van der Waals surface area contributed by atoms with E-state index in [2.05, 4.69) is 57.4 Å². The van der Waals surface area contributed by atoms with Gasteiger partial charge in [0.2, 0.25) is 0 Å². The fourth-order valence-electron chi connectivity index (χ4n) is 7.09. The van der Waals surface area contributed by atoms with Crippen LogP contribution in [0.2, 0.25) is 0 Å². The van der Waals surface area contributed by atoms with Gasteiger partial charge in [0.1, 0.15) is 0 Å². The molecule has 2 aliphatic rings. The van der Waals surface area contributed by atoms with Crippen LogP contribution in [0.1, 0.15) is 53.2 Å². The third-order valence-electron chi connectivity index (χ3n) is 8.85. The van der Waals surface area contributed by atoms with Crippen molar-refractivity contribution in [3.8, 4) is 0 Å². The molecule has 4 heterocycles. The number of alkyl halides is 1. The molecule has 1 aliphatic heterocycles. The number of nitrogens with zero attached hydrogens (tertiary/aromatic N) is 4. The van der Waals surface area contributed by atoms with Gasteiger partial charge in [0.25, 0.3) is 5.91 Å². The number of aryl methyl sites for hydroxylation is 4. The molecule has 41 heavy (non-hydrogen) atoms. The maximum absolute atomic E-state index is 12.6. The Balaban J connectivity index is 0.000000136. The van der Waals surface area contributed by atoms with E-state index in [0.29, 0.717) is 19.5 Å². The van der Waals surface area contributed by atoms with E-state index in [4.69, 9.17) is 0 Å². The summed E-state index contributed by atoms with van der Waals surface area (Å²) in [7, 11) is 1.81. The molecule has 5 nitrogen and oxygen atoms in total. The molecule has 0 saturated heterocycles. The second-order valence-corrected chi connectivity index (χ2v) is 11.3. The largest absolute Gasteiger partial charge is 0.340 e. The Morgan fingerprint density at radius 3 is 2.46 bits per heavy atom. The first-order valence-corrected chi connectivity index (χ1v) is 14.8. The summed E-state index contributed by atoms with van der Waals surface area (Å²) >= 11 is 0. The van der Waals surface area contributed by atoms with Crippen LogP contribution in [0.4, 0.5) is 4.39 Å². The minimum Gasteiger partial charge on any atom is -0.340 e. The molecule has 1 aliphatic carbocycles. The number of pyridine rings is 1. The molecule has 8 rings (SSSR count). The number of hydrogen-bond acceptors (Lipinski definition) is 2. The van der Waals surface area contributed by atoms with Crippen molar-refractivity contribution < 1.29 is 9.18 Å². The summed E-state index contributed by atoms with van der Waals surface area (Å²) in [6.07, 6.45) is 7.27. The van der Waals surface area contributed by atoms with Crippen molar-refractivity contribution in [3.05, 3.63) is 89.1 Å². The van der Waals surface area contributed by atoms with Gasteiger partial charge >= 0.3 is 0 Å². The van der Waals surface area contributed by atoms with Crippen molar-refractivity contribution in [2.45, 2.75) is 58.7 Å². The number of amides is 1. The van der Waals surface area contributed by atoms with Gasteiger partial charge in [0.05, 0.1) is 23.2 Å². The van der Waals surface area contributed by atoms with Crippen LogP contribution in [0.5, 0.6) is 0 Å². The molecule has 0 N–H and O–H groups in total. The minimum absolute atomic E-state index is 0.0532. The van der Waals surface area contributed by atoms with Crippen molar-refractivity contribution in [2.75, 3.05) is 13.7 Å². The molecule has 6 aromatic rings. The van der Waals surface area contributed by atoms with Crippen LogP contribution in [0.15, 0.2) is 66.9 Å². The molecule has 0 atom stereocenters. The first-order chi connectivity index (χ1) is 20.1. The van der Waals surface area contributed by atoms with Crippen LogP contribution in [0.3, 0.4) is 0 Å². The van der Waals surface area contributed by atoms with Gasteiger partial charge in [-0.1, -0.05) is 31.2 Å². The van der Waals surface area contributed by atoms with E-state index in [1.165, 1.54) is 47.5 Å². The van der Waals surface area contributed by atoms with Crippen molar-refractivity contribution >= 4 is 49.6 Å². The number of carbonyl (C=O) groups excluding carboxylic acids is 1. The molecule has 0 bridgehead atoms. The smallest absolute Gasteiger partial charge is 0.254 e. The predicted molar refractivity (Wildman–Crippen MR) is 165 cm³/mol. The van der Waals surface area contributed by atoms with Gasteiger partial charge in [-0.25, -0.2) is 0 Å². The first-order valence-electron chi connectivity index (χ1n) is 14.8. The van der Waals surface area contributed by atoms with E-state index < -0.39 is 0 Å². The highest BCUT2D eigenvalue weighted by Gasteiger charge is 2.28. The normalized spacial score (nSPS) is 14.3. The second-order valence-electron chi connectivity index (χ2n) is 11.3. The first kappa shape index (κ1) is 25.8. The molecular formula is C35H35FN4O. The van der Waals surface area contributed by atoms with Gasteiger partial charge in [-0.05, 0) is 85.2 Å². The zero-order valence-corrected chi connectivity index (χ0v) is 23.8. The predicted octanol–water partition coefficient (Wildman–Crippen LogP) is 7.83. The molecule has 0 radical (unpaired) electrons. The number of carbonyl (C=O) groups is 1. The third kappa shape index (κ3) is 4.03. The van der Waals surface area contributed by atoms with E-state index in [9.17, 15) is 9.18 Å². The number of fused-ring (bicyclic) bond motifs is 10. The maximum Gasteiger partial charge on any atom is 0.254 e. The minimum atomic E-state index is -0.340. The van der Waals surface area contributed by atoms with Crippen molar-refractivity contribution in [1.82, 2.24) is 19.0 Å². The van der Waals surface area contributed by atoms with E-state index in [0.717, 1.165) is 39.6 Å². The number of halogens is 1. The SMILES string of the molecule is CCCn1c2ccccc2c2c3c(ccc21)CCC3.CN1Cc2c(ccc3c2c2ncccc2n3CCCF)C1=O. The lowest BCUT2D eigenvalue weighted by atomic mass is 10.0. The monoisotopic (exact) mass is 546 g/mol. The Hall–Kier alpha value is -4.19. The molecule has 0 unspecified atom stereocenters. The summed E-state index contributed by atoms with van der Waals surface area (Å²) < 4.78 is 17.2. The highest BCUT2D eigenvalue weighted by Crippen LogP contribution is 2.38. The fraction of sp³-hybridized carbons (Fsp3) is 0.314. The van der Waals surface area contributed by atoms with Crippen LogP contribution in [0.25, 0.3) is 43.7 Å². The van der Waals surface area contributed by atoms with Gasteiger partial charge < -0.3 is 14.0 Å². The topological polar surface area (TPSA) is 43.1 Å². The van der Waals surface area contributed by atoms with Gasteiger partial charge in [-0.3, -0.25) is 14.2 Å². The van der Waals surface area contributed by atoms with E-state index in [-0.39, 0.29) is 12.6 Å². The summed E-state index contributed by atoms with van der Waals surface area (Å²) in [4.78, 5) is 18.4. The van der Waals surface area contributed by atoms with Crippen molar-refractivity contribution in [2.24, 2.45) is 0 Å². The van der Waals surface area contributed by atoms with Crippen LogP contribution in [-0.2, 0) is 32.5 Å². The van der Waals surface area contributed by atoms with Gasteiger partial charge in [-0.2, -0.15) is 0 Å². The van der Waals surface area contributed by atoms with Crippen molar-refractivity contribution in [1.29, 1.82) is 0 Å². The zero-order valence-electron chi connectivity index (χ0n) is 23.8. The third-order valence-corrected chi connectivity index (χ3v) is 8.85. The Morgan fingerprint density at radius 2 is 1.61 bits per heavy atom. The van der Waals surface area contributed by atoms with Gasteiger partial charge in [-0.15, -0.1) is 0 Å². The lowest BCUT2D eigenvalue weighted by Gasteiger charge is -2.06. The molecule has 3 aromatic heterocycles. The highest BCUT2D eigenvalue weighted by molar-refractivity contribution is 6.13. The van der Waals surface area contributed by atoms with Crippen LogP contribution in [0, 0.1) is 0 Å². The summed E-state index contributed by atoms with van der Waals surface area (Å²) in [6.45, 7) is 4.25. The summed E-state index contributed by atoms with van der Waals surface area (Å²) in [6, 6.07) is 21.3. The van der Waals surface area contributed by atoms with E-state index >= 15 is 0 Å². The van der Waals surface area contributed by atoms with Gasteiger partial charge in [0.15, 0.2) is 0 Å². The zero-order chi connectivity index (χ0) is 28.1. The average molecular weight is 547 g/mol. The highest BCUT2D eigenvalue weighted by atomic mass is 19.1. The molecule has 0 saturated carbocycles. The van der Waals surface area contributed by atoms with E-state index in [1.807, 2.05) is 31.3 Å². The molecule has 1 amide bonds. The second kappa shape index (κ2) is 10.3. The fourth-order valence-corrected chi connectivity index (χ4v) is 7.09. The quantitative estimate of drug-likeness (QED) is 0.221. The molecule has 3 aromatic carbocycles. The molecule has 6 heteroatoms. The number of rotatable bonds is 5. The summed E-state index contributed by atoms with van der Waals surface area (Å²) in [5.41, 5.74) is 10.7. The summed E-state index contributed by atoms with van der Waals surface area (Å²) in [5.74, 6) is 0.0532. The van der Waals surface area contributed by atoms with Crippen LogP contribution in [-0.4, -0.2) is 38.6 Å². The summed E-state index contributed by atoms with van der Waals surface area (Å²) in [5, 5.41) is 4.01. The number of hydrogen-bond donors (Lipinski definition) is 0. The molecule has 0 spiro atoms.